The van der Waals surface area contributed by atoms with Gasteiger partial charge in [-0.1, -0.05) is 19.1 Å². The maximum absolute atomic E-state index is 12.2. The fraction of sp³-hybridized carbons (Fsp3) is 0.333. The molecule has 0 bridgehead atoms. The molecule has 0 atom stereocenters. The number of aromatic nitrogens is 1. The van der Waals surface area contributed by atoms with E-state index in [4.69, 9.17) is 4.74 Å². The third kappa shape index (κ3) is 4.71. The summed E-state index contributed by atoms with van der Waals surface area (Å²) in [7, 11) is 1.69. The van der Waals surface area contributed by atoms with Crippen molar-refractivity contribution in [2.24, 2.45) is 0 Å². The Labute approximate surface area is 136 Å². The van der Waals surface area contributed by atoms with Crippen molar-refractivity contribution in [3.63, 3.8) is 0 Å². The fourth-order valence-corrected chi connectivity index (χ4v) is 2.19. The van der Waals surface area contributed by atoms with Crippen molar-refractivity contribution in [3.05, 3.63) is 53.9 Å². The monoisotopic (exact) mass is 314 g/mol. The van der Waals surface area contributed by atoms with Crippen LogP contribution in [0.1, 0.15) is 29.4 Å². The first-order valence-corrected chi connectivity index (χ1v) is 7.73. The van der Waals surface area contributed by atoms with Crippen molar-refractivity contribution in [3.8, 4) is 11.5 Å². The lowest BCUT2D eigenvalue weighted by molar-refractivity contribution is 0.0779. The van der Waals surface area contributed by atoms with Crippen molar-refractivity contribution in [1.82, 2.24) is 9.88 Å². The molecule has 5 heteroatoms. The third-order valence-corrected chi connectivity index (χ3v) is 3.55. The summed E-state index contributed by atoms with van der Waals surface area (Å²) in [5.74, 6) is 0.453. The Bertz CT molecular complexity index is 658. The minimum Gasteiger partial charge on any atom is -0.505 e. The molecule has 1 aromatic carbocycles. The number of rotatable bonds is 7. The SMILES string of the molecule is CCc1cccc(OCCCN(C)C(=O)c2ncccc2O)c1. The molecule has 2 aromatic rings. The summed E-state index contributed by atoms with van der Waals surface area (Å²) in [6.45, 7) is 3.16. The first-order chi connectivity index (χ1) is 11.1. The highest BCUT2D eigenvalue weighted by atomic mass is 16.5. The molecule has 122 valence electrons. The number of aryl methyl sites for hydroxylation is 1. The van der Waals surface area contributed by atoms with Crippen molar-refractivity contribution in [2.45, 2.75) is 19.8 Å². The Balaban J connectivity index is 1.79. The lowest BCUT2D eigenvalue weighted by atomic mass is 10.2. The van der Waals surface area contributed by atoms with E-state index in [0.29, 0.717) is 19.6 Å². The molecule has 0 aliphatic rings. The zero-order valence-corrected chi connectivity index (χ0v) is 13.5. The molecule has 0 spiro atoms. The maximum Gasteiger partial charge on any atom is 0.276 e. The van der Waals surface area contributed by atoms with Gasteiger partial charge in [-0.2, -0.15) is 0 Å². The summed E-state index contributed by atoms with van der Waals surface area (Å²) in [6, 6.07) is 11.1. The number of carbonyl (C=O) groups excluding carboxylic acids is 1. The minimum absolute atomic E-state index is 0.0755. The van der Waals surface area contributed by atoms with Crippen molar-refractivity contribution in [2.75, 3.05) is 20.2 Å². The smallest absolute Gasteiger partial charge is 0.276 e. The molecule has 1 N–H and O–H groups in total. The van der Waals surface area contributed by atoms with Gasteiger partial charge in [0.1, 0.15) is 11.5 Å². The molecule has 5 nitrogen and oxygen atoms in total. The van der Waals surface area contributed by atoms with E-state index in [1.54, 1.807) is 13.1 Å². The molecule has 2 rings (SSSR count). The van der Waals surface area contributed by atoms with Gasteiger partial charge in [0.05, 0.1) is 6.61 Å². The summed E-state index contributed by atoms with van der Waals surface area (Å²) >= 11 is 0. The summed E-state index contributed by atoms with van der Waals surface area (Å²) in [5.41, 5.74) is 1.31. The molecule has 1 aromatic heterocycles. The van der Waals surface area contributed by atoms with Crippen molar-refractivity contribution in [1.29, 1.82) is 0 Å². The second-order valence-corrected chi connectivity index (χ2v) is 5.30. The first-order valence-electron chi connectivity index (χ1n) is 7.73. The van der Waals surface area contributed by atoms with E-state index in [1.165, 1.54) is 22.7 Å². The van der Waals surface area contributed by atoms with Gasteiger partial charge in [-0.25, -0.2) is 4.98 Å². The van der Waals surface area contributed by atoms with Gasteiger partial charge in [0.2, 0.25) is 0 Å². The van der Waals surface area contributed by atoms with Gasteiger partial charge in [0.15, 0.2) is 5.69 Å². The van der Waals surface area contributed by atoms with Crippen LogP contribution in [0.3, 0.4) is 0 Å². The average molecular weight is 314 g/mol. The number of carbonyl (C=O) groups is 1. The van der Waals surface area contributed by atoms with Crippen LogP contribution >= 0.6 is 0 Å². The topological polar surface area (TPSA) is 62.7 Å². The van der Waals surface area contributed by atoms with Crippen LogP contribution in [0.15, 0.2) is 42.6 Å². The number of hydrogen-bond acceptors (Lipinski definition) is 4. The van der Waals surface area contributed by atoms with E-state index in [1.807, 2.05) is 18.2 Å². The molecular weight excluding hydrogens is 292 g/mol. The molecule has 0 unspecified atom stereocenters. The highest BCUT2D eigenvalue weighted by Gasteiger charge is 2.16. The van der Waals surface area contributed by atoms with Crippen LogP contribution in [-0.4, -0.2) is 41.1 Å². The van der Waals surface area contributed by atoms with E-state index in [2.05, 4.69) is 18.0 Å². The van der Waals surface area contributed by atoms with Crippen molar-refractivity contribution >= 4 is 5.91 Å². The molecule has 23 heavy (non-hydrogen) atoms. The quantitative estimate of drug-likeness (QED) is 0.798. The lowest BCUT2D eigenvalue weighted by Gasteiger charge is -2.17. The number of benzene rings is 1. The Morgan fingerprint density at radius 2 is 2.13 bits per heavy atom. The van der Waals surface area contributed by atoms with Gasteiger partial charge < -0.3 is 14.7 Å². The Morgan fingerprint density at radius 3 is 2.87 bits per heavy atom. The van der Waals surface area contributed by atoms with E-state index < -0.39 is 0 Å². The summed E-state index contributed by atoms with van der Waals surface area (Å²) in [6.07, 6.45) is 3.17. The van der Waals surface area contributed by atoms with Crippen LogP contribution in [-0.2, 0) is 6.42 Å². The fourth-order valence-electron chi connectivity index (χ4n) is 2.19. The van der Waals surface area contributed by atoms with E-state index >= 15 is 0 Å². The number of hydrogen-bond donors (Lipinski definition) is 1. The zero-order valence-electron chi connectivity index (χ0n) is 13.5. The molecule has 1 amide bonds. The van der Waals surface area contributed by atoms with Crippen LogP contribution in [0.2, 0.25) is 0 Å². The van der Waals surface area contributed by atoms with E-state index in [0.717, 1.165) is 12.2 Å². The number of ether oxygens (including phenoxy) is 1. The minimum atomic E-state index is -0.295. The lowest BCUT2D eigenvalue weighted by Crippen LogP contribution is -2.29. The van der Waals surface area contributed by atoms with Gasteiger partial charge in [0.25, 0.3) is 5.91 Å². The van der Waals surface area contributed by atoms with Gasteiger partial charge in [-0.05, 0) is 42.7 Å². The predicted molar refractivity (Wildman–Crippen MR) is 88.8 cm³/mol. The number of nitrogens with zero attached hydrogens (tertiary/aromatic N) is 2. The first kappa shape index (κ1) is 16.8. The van der Waals surface area contributed by atoms with E-state index in [-0.39, 0.29) is 17.4 Å². The molecule has 0 aliphatic carbocycles. The van der Waals surface area contributed by atoms with Gasteiger partial charge in [0, 0.05) is 19.8 Å². The average Bonchev–Trinajstić information content (AvgIpc) is 2.58. The van der Waals surface area contributed by atoms with Crippen LogP contribution < -0.4 is 4.74 Å². The molecule has 0 saturated heterocycles. The Hall–Kier alpha value is -2.56. The maximum atomic E-state index is 12.2. The standard InChI is InChI=1S/C18H22N2O3/c1-3-14-7-4-8-15(13-14)23-12-6-11-20(2)18(22)17-16(21)9-5-10-19-17/h4-5,7-10,13,21H,3,6,11-12H2,1-2H3. The normalized spacial score (nSPS) is 10.3. The van der Waals surface area contributed by atoms with E-state index in [9.17, 15) is 9.90 Å². The second-order valence-electron chi connectivity index (χ2n) is 5.30. The van der Waals surface area contributed by atoms with Gasteiger partial charge in [-0.3, -0.25) is 4.79 Å². The van der Waals surface area contributed by atoms with Crippen LogP contribution in [0.4, 0.5) is 0 Å². The molecule has 0 fully saturated rings. The molecule has 0 saturated carbocycles. The highest BCUT2D eigenvalue weighted by molar-refractivity contribution is 5.94. The summed E-state index contributed by atoms with van der Waals surface area (Å²) in [4.78, 5) is 17.6. The zero-order chi connectivity index (χ0) is 16.7. The van der Waals surface area contributed by atoms with Gasteiger partial charge >= 0.3 is 0 Å². The second kappa shape index (κ2) is 8.17. The molecule has 0 radical (unpaired) electrons. The van der Waals surface area contributed by atoms with Crippen molar-refractivity contribution < 1.29 is 14.6 Å². The Kier molecular flexibility index (Phi) is 5.97. The number of amides is 1. The number of aromatic hydroxyl groups is 1. The Morgan fingerprint density at radius 1 is 1.30 bits per heavy atom. The largest absolute Gasteiger partial charge is 0.505 e. The predicted octanol–water partition coefficient (Wildman–Crippen LogP) is 2.89. The third-order valence-electron chi connectivity index (χ3n) is 3.55. The van der Waals surface area contributed by atoms with Gasteiger partial charge in [-0.15, -0.1) is 0 Å². The molecule has 1 heterocycles. The van der Waals surface area contributed by atoms with Crippen LogP contribution in [0.25, 0.3) is 0 Å². The highest BCUT2D eigenvalue weighted by Crippen LogP contribution is 2.15. The van der Waals surface area contributed by atoms with Crippen LogP contribution in [0, 0.1) is 0 Å². The summed E-state index contributed by atoms with van der Waals surface area (Å²) < 4.78 is 5.71. The van der Waals surface area contributed by atoms with Crippen LogP contribution in [0.5, 0.6) is 11.5 Å². The number of pyridine rings is 1. The molecule has 0 aliphatic heterocycles. The summed E-state index contributed by atoms with van der Waals surface area (Å²) in [5, 5.41) is 9.66. The molecular formula is C18H22N2O3.